The topological polar surface area (TPSA) is 123 Å². The SMILES string of the molecule is CN/C=C(\C(N)=NC1COC1)c1cnc2ccc(Nc3cc(C(C)C)cnn3)nc2c1. The van der Waals surface area contributed by atoms with Crippen molar-refractivity contribution < 1.29 is 4.74 Å². The van der Waals surface area contributed by atoms with Gasteiger partial charge in [-0.2, -0.15) is 5.10 Å². The fraction of sp³-hybridized carbons (Fsp3) is 0.318. The van der Waals surface area contributed by atoms with Crippen LogP contribution in [-0.4, -0.2) is 52.3 Å². The van der Waals surface area contributed by atoms with Crippen LogP contribution >= 0.6 is 0 Å². The van der Waals surface area contributed by atoms with Crippen LogP contribution in [0.3, 0.4) is 0 Å². The number of aliphatic imine (C=N–C) groups is 1. The second kappa shape index (κ2) is 9.05. The van der Waals surface area contributed by atoms with Crippen molar-refractivity contribution in [2.45, 2.75) is 25.8 Å². The smallest absolute Gasteiger partial charge is 0.154 e. The molecular formula is C22H26N8O. The zero-order chi connectivity index (χ0) is 21.8. The van der Waals surface area contributed by atoms with Gasteiger partial charge in [0.15, 0.2) is 5.82 Å². The molecule has 1 saturated heterocycles. The molecule has 31 heavy (non-hydrogen) atoms. The van der Waals surface area contributed by atoms with Crippen LogP contribution in [0.4, 0.5) is 11.6 Å². The summed E-state index contributed by atoms with van der Waals surface area (Å²) in [5, 5.41) is 14.5. The zero-order valence-corrected chi connectivity index (χ0v) is 17.8. The van der Waals surface area contributed by atoms with E-state index < -0.39 is 0 Å². The lowest BCUT2D eigenvalue weighted by atomic mass is 10.1. The van der Waals surface area contributed by atoms with E-state index in [9.17, 15) is 0 Å². The summed E-state index contributed by atoms with van der Waals surface area (Å²) in [6.07, 6.45) is 5.37. The zero-order valence-electron chi connectivity index (χ0n) is 17.8. The maximum atomic E-state index is 6.27. The summed E-state index contributed by atoms with van der Waals surface area (Å²) >= 11 is 0. The highest BCUT2D eigenvalue weighted by Crippen LogP contribution is 2.22. The number of amidine groups is 1. The molecule has 0 spiro atoms. The Morgan fingerprint density at radius 3 is 2.74 bits per heavy atom. The number of hydrogen-bond donors (Lipinski definition) is 3. The van der Waals surface area contributed by atoms with Crippen LogP contribution in [0.5, 0.6) is 0 Å². The monoisotopic (exact) mass is 418 g/mol. The summed E-state index contributed by atoms with van der Waals surface area (Å²) < 4.78 is 5.18. The summed E-state index contributed by atoms with van der Waals surface area (Å²) in [4.78, 5) is 13.8. The summed E-state index contributed by atoms with van der Waals surface area (Å²) in [5.74, 6) is 2.12. The van der Waals surface area contributed by atoms with Gasteiger partial charge in [-0.15, -0.1) is 5.10 Å². The molecule has 0 saturated carbocycles. The average molecular weight is 419 g/mol. The Morgan fingerprint density at radius 1 is 1.19 bits per heavy atom. The van der Waals surface area contributed by atoms with Gasteiger partial charge < -0.3 is 21.1 Å². The lowest BCUT2D eigenvalue weighted by Gasteiger charge is -2.23. The fourth-order valence-electron chi connectivity index (χ4n) is 3.13. The van der Waals surface area contributed by atoms with E-state index in [1.807, 2.05) is 37.5 Å². The van der Waals surface area contributed by atoms with E-state index in [-0.39, 0.29) is 6.04 Å². The van der Waals surface area contributed by atoms with E-state index in [0.717, 1.165) is 27.7 Å². The molecule has 4 rings (SSSR count). The molecule has 0 aliphatic carbocycles. The molecule has 0 amide bonds. The molecule has 4 N–H and O–H groups in total. The number of nitrogens with zero attached hydrogens (tertiary/aromatic N) is 5. The quantitative estimate of drug-likeness (QED) is 0.395. The second-order valence-electron chi connectivity index (χ2n) is 7.66. The number of rotatable bonds is 7. The van der Waals surface area contributed by atoms with E-state index in [1.165, 1.54) is 0 Å². The molecule has 3 aromatic rings. The van der Waals surface area contributed by atoms with Gasteiger partial charge in [-0.25, -0.2) is 4.98 Å². The Morgan fingerprint density at radius 2 is 2.03 bits per heavy atom. The number of aromatic nitrogens is 4. The molecule has 0 unspecified atom stereocenters. The maximum absolute atomic E-state index is 6.27. The van der Waals surface area contributed by atoms with Gasteiger partial charge in [-0.1, -0.05) is 13.8 Å². The number of fused-ring (bicyclic) bond motifs is 1. The van der Waals surface area contributed by atoms with Crippen molar-refractivity contribution in [3.8, 4) is 0 Å². The molecule has 4 heterocycles. The van der Waals surface area contributed by atoms with Crippen LogP contribution < -0.4 is 16.4 Å². The van der Waals surface area contributed by atoms with Gasteiger partial charge in [0, 0.05) is 30.6 Å². The van der Waals surface area contributed by atoms with Crippen molar-refractivity contribution in [1.82, 2.24) is 25.5 Å². The molecule has 9 heteroatoms. The normalized spacial score (nSPS) is 15.2. The minimum Gasteiger partial charge on any atom is -0.393 e. The average Bonchev–Trinajstić information content (AvgIpc) is 2.74. The molecule has 3 aromatic heterocycles. The van der Waals surface area contributed by atoms with Gasteiger partial charge in [0.2, 0.25) is 0 Å². The van der Waals surface area contributed by atoms with Crippen molar-refractivity contribution >= 4 is 34.1 Å². The third-order valence-electron chi connectivity index (χ3n) is 4.95. The second-order valence-corrected chi connectivity index (χ2v) is 7.66. The summed E-state index contributed by atoms with van der Waals surface area (Å²) in [6.45, 7) is 5.43. The Labute approximate surface area is 180 Å². The van der Waals surface area contributed by atoms with E-state index in [2.05, 4.69) is 44.7 Å². The van der Waals surface area contributed by atoms with Crippen LogP contribution in [0, 0.1) is 0 Å². The summed E-state index contributed by atoms with van der Waals surface area (Å²) in [7, 11) is 1.82. The minimum atomic E-state index is 0.102. The van der Waals surface area contributed by atoms with Gasteiger partial charge >= 0.3 is 0 Å². The van der Waals surface area contributed by atoms with E-state index in [0.29, 0.717) is 36.6 Å². The Hall–Kier alpha value is -3.59. The van der Waals surface area contributed by atoms with Gasteiger partial charge in [0.05, 0.1) is 36.5 Å². The molecule has 1 aliphatic rings. The predicted octanol–water partition coefficient (Wildman–Crippen LogP) is 2.60. The van der Waals surface area contributed by atoms with Crippen molar-refractivity contribution in [2.75, 3.05) is 25.6 Å². The number of nitrogens with two attached hydrogens (primary N) is 1. The fourth-order valence-corrected chi connectivity index (χ4v) is 3.13. The molecule has 1 aliphatic heterocycles. The lowest BCUT2D eigenvalue weighted by Crippen LogP contribution is -2.34. The van der Waals surface area contributed by atoms with E-state index in [4.69, 9.17) is 15.5 Å². The standard InChI is InChI=1S/C22H26N8O/c1-13(2)14-7-21(30-26-9-14)29-20-5-4-18-19(28-20)6-15(8-25-18)17(10-24-3)22(23)27-16-11-31-12-16/h4-10,13,16,24H,11-12H2,1-3H3,(H2,23,27)(H,28,29,30)/b17-10-. The van der Waals surface area contributed by atoms with E-state index >= 15 is 0 Å². The summed E-state index contributed by atoms with van der Waals surface area (Å²) in [5.41, 5.74) is 10.5. The van der Waals surface area contributed by atoms with Crippen molar-refractivity contribution in [2.24, 2.45) is 10.7 Å². The maximum Gasteiger partial charge on any atom is 0.154 e. The highest BCUT2D eigenvalue weighted by Gasteiger charge is 2.19. The predicted molar refractivity (Wildman–Crippen MR) is 122 cm³/mol. The van der Waals surface area contributed by atoms with E-state index in [1.54, 1.807) is 12.4 Å². The van der Waals surface area contributed by atoms with Gasteiger partial charge in [0.25, 0.3) is 0 Å². The van der Waals surface area contributed by atoms with Crippen LogP contribution in [-0.2, 0) is 4.74 Å². The first-order valence-electron chi connectivity index (χ1n) is 10.2. The highest BCUT2D eigenvalue weighted by molar-refractivity contribution is 6.22. The Bertz CT molecular complexity index is 1140. The first-order valence-corrected chi connectivity index (χ1v) is 10.2. The highest BCUT2D eigenvalue weighted by atomic mass is 16.5. The largest absolute Gasteiger partial charge is 0.393 e. The van der Waals surface area contributed by atoms with Gasteiger partial charge in [-0.3, -0.25) is 9.98 Å². The molecule has 160 valence electrons. The van der Waals surface area contributed by atoms with Gasteiger partial charge in [-0.05, 0) is 35.7 Å². The first-order chi connectivity index (χ1) is 15.0. The molecular weight excluding hydrogens is 392 g/mol. The molecule has 0 bridgehead atoms. The van der Waals surface area contributed by atoms with Gasteiger partial charge in [0.1, 0.15) is 11.7 Å². The Balaban J connectivity index is 1.64. The molecule has 9 nitrogen and oxygen atoms in total. The lowest BCUT2D eigenvalue weighted by molar-refractivity contribution is 0.0133. The van der Waals surface area contributed by atoms with Crippen LogP contribution in [0.25, 0.3) is 16.6 Å². The van der Waals surface area contributed by atoms with Crippen molar-refractivity contribution in [1.29, 1.82) is 0 Å². The van der Waals surface area contributed by atoms with Crippen LogP contribution in [0.15, 0.2) is 47.9 Å². The number of ether oxygens (including phenoxy) is 1. The van der Waals surface area contributed by atoms with Crippen molar-refractivity contribution in [3.05, 3.63) is 54.0 Å². The van der Waals surface area contributed by atoms with Crippen LogP contribution in [0.1, 0.15) is 30.9 Å². The number of pyridine rings is 2. The number of nitrogens with one attached hydrogen (secondary N) is 2. The molecule has 0 aromatic carbocycles. The third kappa shape index (κ3) is 4.77. The van der Waals surface area contributed by atoms with Crippen LogP contribution in [0.2, 0.25) is 0 Å². The molecule has 0 radical (unpaired) electrons. The third-order valence-corrected chi connectivity index (χ3v) is 4.95. The first kappa shape index (κ1) is 20.7. The Kier molecular flexibility index (Phi) is 6.03. The number of hydrogen-bond acceptors (Lipinski definition) is 8. The molecule has 0 atom stereocenters. The minimum absolute atomic E-state index is 0.102. The van der Waals surface area contributed by atoms with Crippen molar-refractivity contribution in [3.63, 3.8) is 0 Å². The number of anilines is 2. The summed E-state index contributed by atoms with van der Waals surface area (Å²) in [6, 6.07) is 7.82. The molecule has 1 fully saturated rings.